The third kappa shape index (κ3) is 3.62. The van der Waals surface area contributed by atoms with E-state index in [4.69, 9.17) is 4.74 Å². The second-order valence-corrected chi connectivity index (χ2v) is 16.1. The van der Waals surface area contributed by atoms with Gasteiger partial charge in [0.25, 0.3) is 0 Å². The molecule has 2 heteroatoms. The minimum Gasteiger partial charge on any atom is -0.376 e. The van der Waals surface area contributed by atoms with E-state index in [2.05, 4.69) is 124 Å². The maximum atomic E-state index is 6.43. The van der Waals surface area contributed by atoms with Gasteiger partial charge in [0.2, 0.25) is 0 Å². The smallest absolute Gasteiger partial charge is 0.0783 e. The molecule has 0 radical (unpaired) electrons. The Bertz CT molecular complexity index is 1210. The zero-order chi connectivity index (χ0) is 24.2. The molecule has 2 aliphatic rings. The van der Waals surface area contributed by atoms with Gasteiger partial charge in [0.15, 0.2) is 0 Å². The van der Waals surface area contributed by atoms with E-state index in [9.17, 15) is 0 Å². The van der Waals surface area contributed by atoms with Crippen molar-refractivity contribution in [3.05, 3.63) is 119 Å². The molecule has 176 valence electrons. The van der Waals surface area contributed by atoms with Gasteiger partial charge in [-0.25, -0.2) is 0 Å². The lowest BCUT2D eigenvalue weighted by Crippen LogP contribution is -2.46. The predicted octanol–water partition coefficient (Wildman–Crippen LogP) is 8.58. The number of fused-ring (bicyclic) bond motifs is 6. The summed E-state index contributed by atoms with van der Waals surface area (Å²) in [5.74, 6) is 0. The molecule has 0 heterocycles. The van der Waals surface area contributed by atoms with E-state index < -0.39 is 8.07 Å². The van der Waals surface area contributed by atoms with Gasteiger partial charge in [-0.15, -0.1) is 0 Å². The number of hydrogen-bond donors (Lipinski definition) is 0. The Hall–Kier alpha value is -2.94. The van der Waals surface area contributed by atoms with Crippen LogP contribution in [0.25, 0.3) is 22.3 Å². The Kier molecular flexibility index (Phi) is 5.36. The van der Waals surface area contributed by atoms with Crippen molar-refractivity contribution >= 4 is 8.07 Å². The van der Waals surface area contributed by atoms with Gasteiger partial charge in [-0.2, -0.15) is 0 Å². The molecule has 0 aromatic heterocycles. The summed E-state index contributed by atoms with van der Waals surface area (Å²) in [5.41, 5.74) is 12.5. The van der Waals surface area contributed by atoms with Gasteiger partial charge >= 0.3 is 0 Å². The van der Waals surface area contributed by atoms with Crippen molar-refractivity contribution in [1.82, 2.24) is 0 Å². The molecule has 0 aliphatic heterocycles. The molecule has 4 aromatic rings. The largest absolute Gasteiger partial charge is 0.376 e. The normalized spacial score (nSPS) is 15.0. The lowest BCUT2D eigenvalue weighted by atomic mass is 10.1. The first kappa shape index (κ1) is 22.5. The predicted molar refractivity (Wildman–Crippen MR) is 150 cm³/mol. The molecule has 35 heavy (non-hydrogen) atoms. The van der Waals surface area contributed by atoms with E-state index in [1.54, 1.807) is 0 Å². The zero-order valence-electron chi connectivity index (χ0n) is 21.2. The molecule has 4 aromatic carbocycles. The summed E-state index contributed by atoms with van der Waals surface area (Å²) in [6, 6.07) is 37.7. The highest BCUT2D eigenvalue weighted by Gasteiger charge is 2.51. The molecule has 0 N–H and O–H groups in total. The van der Waals surface area contributed by atoms with E-state index in [0.717, 1.165) is 12.7 Å². The Morgan fingerprint density at radius 3 is 1.20 bits per heavy atom. The van der Waals surface area contributed by atoms with Gasteiger partial charge < -0.3 is 4.74 Å². The second-order valence-electron chi connectivity index (χ2n) is 11.4. The van der Waals surface area contributed by atoms with Gasteiger partial charge in [0.05, 0.1) is 13.7 Å². The van der Waals surface area contributed by atoms with E-state index in [1.807, 2.05) is 0 Å². The van der Waals surface area contributed by atoms with Crippen LogP contribution < -0.4 is 0 Å². The summed E-state index contributed by atoms with van der Waals surface area (Å²) < 4.78 is 6.43. The molecule has 6 rings (SSSR count). The monoisotopic (exact) mass is 474 g/mol. The van der Waals surface area contributed by atoms with Crippen molar-refractivity contribution in [3.63, 3.8) is 0 Å². The van der Waals surface area contributed by atoms with Gasteiger partial charge in [-0.1, -0.05) is 104 Å². The fourth-order valence-electron chi connectivity index (χ4n) is 6.76. The van der Waals surface area contributed by atoms with Crippen LogP contribution in [0.1, 0.15) is 54.1 Å². The highest BCUT2D eigenvalue weighted by molar-refractivity contribution is 6.83. The van der Waals surface area contributed by atoms with Crippen molar-refractivity contribution in [2.75, 3.05) is 6.61 Å². The second kappa shape index (κ2) is 8.32. The van der Waals surface area contributed by atoms with Crippen molar-refractivity contribution in [2.24, 2.45) is 0 Å². The maximum absolute atomic E-state index is 6.43. The van der Waals surface area contributed by atoms with Crippen molar-refractivity contribution in [1.29, 1.82) is 0 Å². The molecule has 0 atom stereocenters. The lowest BCUT2D eigenvalue weighted by molar-refractivity contribution is 0.00468. The van der Waals surface area contributed by atoms with E-state index in [1.165, 1.54) is 44.5 Å². The van der Waals surface area contributed by atoms with Crippen LogP contribution in [0.15, 0.2) is 97.1 Å². The fourth-order valence-corrected chi connectivity index (χ4v) is 12.1. The molecule has 0 spiro atoms. The Morgan fingerprint density at radius 1 is 0.571 bits per heavy atom. The van der Waals surface area contributed by atoms with Crippen LogP contribution in [0.4, 0.5) is 0 Å². The Morgan fingerprint density at radius 2 is 0.886 bits per heavy atom. The van der Waals surface area contributed by atoms with Gasteiger partial charge in [-0.05, 0) is 71.3 Å². The van der Waals surface area contributed by atoms with Crippen LogP contribution in [0.2, 0.25) is 12.6 Å². The molecule has 0 saturated carbocycles. The third-order valence-electron chi connectivity index (χ3n) is 8.16. The molecule has 0 bridgehead atoms. The van der Waals surface area contributed by atoms with Crippen LogP contribution in [0.5, 0.6) is 0 Å². The zero-order valence-corrected chi connectivity index (χ0v) is 22.2. The van der Waals surface area contributed by atoms with Crippen molar-refractivity contribution in [2.45, 2.75) is 50.0 Å². The maximum Gasteiger partial charge on any atom is 0.0783 e. The number of hydrogen-bond acceptors (Lipinski definition) is 1. The Balaban J connectivity index is 1.57. The van der Waals surface area contributed by atoms with Gasteiger partial charge in [-0.3, -0.25) is 0 Å². The highest BCUT2D eigenvalue weighted by atomic mass is 28.3. The quantitative estimate of drug-likeness (QED) is 0.263. The molecule has 2 aliphatic carbocycles. The molecular formula is C33H34OSi. The minimum atomic E-state index is -2.11. The topological polar surface area (TPSA) is 9.23 Å². The third-order valence-corrected chi connectivity index (χ3v) is 13.3. The first-order chi connectivity index (χ1) is 16.9. The Labute approximate surface area is 210 Å². The molecule has 0 amide bonds. The summed E-state index contributed by atoms with van der Waals surface area (Å²) in [6.45, 7) is 9.98. The van der Waals surface area contributed by atoms with Crippen LogP contribution in [0, 0.1) is 0 Å². The first-order valence-corrected chi connectivity index (χ1v) is 15.7. The number of benzene rings is 4. The average molecular weight is 475 g/mol. The van der Waals surface area contributed by atoms with Gasteiger partial charge in [0, 0.05) is 17.7 Å². The molecular weight excluding hydrogens is 440 g/mol. The van der Waals surface area contributed by atoms with Crippen LogP contribution in [0.3, 0.4) is 0 Å². The van der Waals surface area contributed by atoms with Crippen LogP contribution >= 0.6 is 0 Å². The summed E-state index contributed by atoms with van der Waals surface area (Å²) in [4.78, 5) is 0. The summed E-state index contributed by atoms with van der Waals surface area (Å²) in [6.07, 6.45) is 0. The fraction of sp³-hybridized carbons (Fsp3) is 0.273. The van der Waals surface area contributed by atoms with Crippen LogP contribution in [-0.4, -0.2) is 20.3 Å². The van der Waals surface area contributed by atoms with E-state index >= 15 is 0 Å². The average Bonchev–Trinajstić information content (AvgIpc) is 3.37. The SMILES string of the molecule is CC(C)(C)OCC[Si](C)(C1c2ccccc2-c2ccccc21)C1c2ccccc2-c2ccccc21. The van der Waals surface area contributed by atoms with E-state index in [0.29, 0.717) is 11.1 Å². The highest BCUT2D eigenvalue weighted by Crippen LogP contribution is 2.58. The van der Waals surface area contributed by atoms with Crippen LogP contribution in [-0.2, 0) is 4.74 Å². The minimum absolute atomic E-state index is 0.133. The summed E-state index contributed by atoms with van der Waals surface area (Å²) in [7, 11) is -2.11. The van der Waals surface area contributed by atoms with Gasteiger partial charge in [0.1, 0.15) is 0 Å². The summed E-state index contributed by atoms with van der Waals surface area (Å²) in [5, 5.41) is 0. The number of rotatable bonds is 5. The standard InChI is InChI=1S/C33H34OSi/c1-33(2,3)34-21-22-35(4,31-27-17-9-5-13-23(27)24-14-6-10-18-28(24)31)32-29-19-11-7-15-25(29)26-16-8-12-20-30(26)32/h5-20,31-32H,21-22H2,1-4H3. The summed E-state index contributed by atoms with van der Waals surface area (Å²) >= 11 is 0. The molecule has 1 nitrogen and oxygen atoms in total. The molecule has 0 unspecified atom stereocenters. The molecule has 0 saturated heterocycles. The van der Waals surface area contributed by atoms with Crippen molar-refractivity contribution in [3.8, 4) is 22.3 Å². The van der Waals surface area contributed by atoms with Crippen molar-refractivity contribution < 1.29 is 4.74 Å². The molecule has 0 fully saturated rings. The lowest BCUT2D eigenvalue weighted by Gasteiger charge is -2.42. The first-order valence-electron chi connectivity index (χ1n) is 12.9. The van der Waals surface area contributed by atoms with E-state index in [-0.39, 0.29) is 5.60 Å². The number of ether oxygens (including phenoxy) is 1.